The van der Waals surface area contributed by atoms with Gasteiger partial charge in [-0.15, -0.1) is 0 Å². The molecule has 1 aromatic carbocycles. The molecule has 0 amide bonds. The summed E-state index contributed by atoms with van der Waals surface area (Å²) in [5.41, 5.74) is 6.14. The molecule has 0 saturated carbocycles. The molecule has 6 heteroatoms. The Hall–Kier alpha value is -1.14. The summed E-state index contributed by atoms with van der Waals surface area (Å²) in [6, 6.07) is 3.29. The molecule has 0 aliphatic heterocycles. The largest absolute Gasteiger partial charge is 0.397 e. The van der Waals surface area contributed by atoms with Crippen molar-refractivity contribution in [1.29, 1.82) is 0 Å². The number of pyridine rings is 1. The first kappa shape index (κ1) is 12.3. The quantitative estimate of drug-likeness (QED) is 0.914. The number of rotatable bonds is 2. The van der Waals surface area contributed by atoms with Gasteiger partial charge in [0.1, 0.15) is 11.6 Å². The van der Waals surface area contributed by atoms with Crippen LogP contribution in [0.3, 0.4) is 0 Å². The summed E-state index contributed by atoms with van der Waals surface area (Å²) in [5.74, 6) is -0.975. The normalized spacial score (nSPS) is 10.5. The molecule has 0 bridgehead atoms. The molecule has 0 atom stereocenters. The van der Waals surface area contributed by atoms with Gasteiger partial charge in [0.05, 0.1) is 26.1 Å². The lowest BCUT2D eigenvalue weighted by atomic mass is 10.3. The fourth-order valence-electron chi connectivity index (χ4n) is 1.21. The molecule has 0 unspecified atom stereocenters. The van der Waals surface area contributed by atoms with Crippen molar-refractivity contribution in [3.8, 4) is 0 Å². The number of benzene rings is 1. The van der Waals surface area contributed by atoms with Crippen LogP contribution in [-0.2, 0) is 0 Å². The maximum absolute atomic E-state index is 13.5. The van der Waals surface area contributed by atoms with Crippen molar-refractivity contribution in [2.45, 2.75) is 9.79 Å². The van der Waals surface area contributed by atoms with E-state index in [1.54, 1.807) is 6.20 Å². The minimum Gasteiger partial charge on any atom is -0.397 e. The monoisotopic (exact) mass is 316 g/mol. The Morgan fingerprint density at radius 3 is 2.71 bits per heavy atom. The summed E-state index contributed by atoms with van der Waals surface area (Å²) in [4.78, 5) is 4.67. The van der Waals surface area contributed by atoms with Crippen LogP contribution in [0.1, 0.15) is 0 Å². The molecule has 0 aliphatic carbocycles. The Balaban J connectivity index is 2.41. The molecule has 2 aromatic rings. The highest BCUT2D eigenvalue weighted by Crippen LogP contribution is 2.38. The van der Waals surface area contributed by atoms with Crippen LogP contribution >= 0.6 is 27.7 Å². The van der Waals surface area contributed by atoms with Crippen molar-refractivity contribution in [3.63, 3.8) is 0 Å². The Morgan fingerprint density at radius 1 is 1.24 bits per heavy atom. The van der Waals surface area contributed by atoms with Crippen molar-refractivity contribution in [2.24, 2.45) is 0 Å². The van der Waals surface area contributed by atoms with Gasteiger partial charge < -0.3 is 5.73 Å². The van der Waals surface area contributed by atoms with Crippen LogP contribution in [0, 0.1) is 11.6 Å². The molecular formula is C11H7BrF2N2S. The van der Waals surface area contributed by atoms with Gasteiger partial charge in [0, 0.05) is 6.20 Å². The smallest absolute Gasteiger partial charge is 0.137 e. The van der Waals surface area contributed by atoms with E-state index >= 15 is 0 Å². The summed E-state index contributed by atoms with van der Waals surface area (Å²) in [6.07, 6.45) is 3.01. The molecule has 2 N–H and O–H groups in total. The number of anilines is 1. The molecule has 0 aliphatic rings. The van der Waals surface area contributed by atoms with E-state index in [0.29, 0.717) is 15.1 Å². The predicted octanol–water partition coefficient (Wildman–Crippen LogP) is 3.86. The van der Waals surface area contributed by atoms with Gasteiger partial charge in [0.25, 0.3) is 0 Å². The zero-order valence-corrected chi connectivity index (χ0v) is 10.9. The van der Waals surface area contributed by atoms with E-state index in [4.69, 9.17) is 5.73 Å². The second-order valence-corrected chi connectivity index (χ2v) is 5.12. The lowest BCUT2D eigenvalue weighted by Crippen LogP contribution is -1.92. The van der Waals surface area contributed by atoms with Crippen LogP contribution in [0.5, 0.6) is 0 Å². The van der Waals surface area contributed by atoms with E-state index in [1.165, 1.54) is 6.20 Å². The van der Waals surface area contributed by atoms with Gasteiger partial charge in [-0.05, 0) is 34.1 Å². The van der Waals surface area contributed by atoms with Gasteiger partial charge in [-0.25, -0.2) is 8.78 Å². The molecule has 88 valence electrons. The first-order valence-electron chi connectivity index (χ1n) is 4.60. The van der Waals surface area contributed by atoms with Gasteiger partial charge >= 0.3 is 0 Å². The topological polar surface area (TPSA) is 38.9 Å². The molecule has 0 spiro atoms. The number of hydrogen-bond donors (Lipinski definition) is 1. The molecule has 1 aromatic heterocycles. The third-order valence-electron chi connectivity index (χ3n) is 1.99. The summed E-state index contributed by atoms with van der Waals surface area (Å²) >= 11 is 4.32. The van der Waals surface area contributed by atoms with Crippen LogP contribution in [0.2, 0.25) is 0 Å². The first-order valence-corrected chi connectivity index (χ1v) is 6.21. The highest BCUT2D eigenvalue weighted by molar-refractivity contribution is 9.10. The SMILES string of the molecule is Nc1cncc(Br)c1Sc1cc(F)ccc1F. The van der Waals surface area contributed by atoms with E-state index in [2.05, 4.69) is 20.9 Å². The number of nitrogens with two attached hydrogens (primary N) is 1. The number of nitrogen functional groups attached to an aromatic ring is 1. The van der Waals surface area contributed by atoms with Crippen LogP contribution < -0.4 is 5.73 Å². The standard InChI is InChI=1S/C11H7BrF2N2S/c12-7-4-16-5-9(15)11(7)17-10-3-6(13)1-2-8(10)14/h1-5H,15H2. The number of hydrogen-bond acceptors (Lipinski definition) is 3. The zero-order chi connectivity index (χ0) is 12.4. The van der Waals surface area contributed by atoms with E-state index in [9.17, 15) is 8.78 Å². The van der Waals surface area contributed by atoms with Crippen molar-refractivity contribution < 1.29 is 8.78 Å². The second-order valence-electron chi connectivity index (χ2n) is 3.22. The molecule has 1 heterocycles. The summed E-state index contributed by atoms with van der Waals surface area (Å²) < 4.78 is 27.1. The maximum atomic E-state index is 13.5. The fourth-order valence-corrected chi connectivity index (χ4v) is 2.68. The molecule has 2 nitrogen and oxygen atoms in total. The van der Waals surface area contributed by atoms with Crippen LogP contribution in [-0.4, -0.2) is 4.98 Å². The van der Waals surface area contributed by atoms with Gasteiger partial charge in [-0.1, -0.05) is 11.8 Å². The van der Waals surface area contributed by atoms with Gasteiger partial charge in [-0.3, -0.25) is 4.98 Å². The first-order chi connectivity index (χ1) is 8.08. The average Bonchev–Trinajstić information content (AvgIpc) is 2.28. The minimum atomic E-state index is -0.488. The van der Waals surface area contributed by atoms with Gasteiger partial charge in [0.2, 0.25) is 0 Å². The van der Waals surface area contributed by atoms with Crippen LogP contribution in [0.15, 0.2) is 44.9 Å². The third kappa shape index (κ3) is 2.76. The summed E-state index contributed by atoms with van der Waals surface area (Å²) in [7, 11) is 0. The Labute approximate surface area is 109 Å². The predicted molar refractivity (Wildman–Crippen MR) is 66.8 cm³/mol. The van der Waals surface area contributed by atoms with E-state index in [1.807, 2.05) is 0 Å². The lowest BCUT2D eigenvalue weighted by molar-refractivity contribution is 0.577. The zero-order valence-electron chi connectivity index (χ0n) is 8.45. The molecule has 0 radical (unpaired) electrons. The Morgan fingerprint density at radius 2 is 2.00 bits per heavy atom. The van der Waals surface area contributed by atoms with Gasteiger partial charge in [0.15, 0.2) is 0 Å². The fraction of sp³-hybridized carbons (Fsp3) is 0. The van der Waals surface area contributed by atoms with Crippen molar-refractivity contribution in [2.75, 3.05) is 5.73 Å². The molecule has 2 rings (SSSR count). The maximum Gasteiger partial charge on any atom is 0.137 e. The third-order valence-corrected chi connectivity index (χ3v) is 4.04. The van der Waals surface area contributed by atoms with Crippen molar-refractivity contribution in [1.82, 2.24) is 4.98 Å². The number of halogens is 3. The van der Waals surface area contributed by atoms with E-state index < -0.39 is 11.6 Å². The Kier molecular flexibility index (Phi) is 3.63. The summed E-state index contributed by atoms with van der Waals surface area (Å²) in [5, 5.41) is 0. The molecule has 0 saturated heterocycles. The highest BCUT2D eigenvalue weighted by Gasteiger charge is 2.11. The van der Waals surface area contributed by atoms with Crippen molar-refractivity contribution >= 4 is 33.4 Å². The molecule has 17 heavy (non-hydrogen) atoms. The van der Waals surface area contributed by atoms with E-state index in [-0.39, 0.29) is 4.90 Å². The Bertz CT molecular complexity index is 543. The van der Waals surface area contributed by atoms with Crippen molar-refractivity contribution in [3.05, 3.63) is 46.7 Å². The lowest BCUT2D eigenvalue weighted by Gasteiger charge is -2.07. The van der Waals surface area contributed by atoms with E-state index in [0.717, 1.165) is 30.0 Å². The van der Waals surface area contributed by atoms with Gasteiger partial charge in [-0.2, -0.15) is 0 Å². The highest BCUT2D eigenvalue weighted by atomic mass is 79.9. The second kappa shape index (κ2) is 5.01. The number of nitrogens with zero attached hydrogens (tertiary/aromatic N) is 1. The van der Waals surface area contributed by atoms with Crippen LogP contribution in [0.25, 0.3) is 0 Å². The molecule has 0 fully saturated rings. The average molecular weight is 317 g/mol. The minimum absolute atomic E-state index is 0.184. The molecular weight excluding hydrogens is 310 g/mol. The summed E-state index contributed by atoms with van der Waals surface area (Å²) in [6.45, 7) is 0. The van der Waals surface area contributed by atoms with Crippen LogP contribution in [0.4, 0.5) is 14.5 Å². The number of aromatic nitrogens is 1.